The molecule has 0 aliphatic carbocycles. The number of anilines is 1. The van der Waals surface area contributed by atoms with Crippen LogP contribution in [0, 0.1) is 5.82 Å². The molecule has 2 aromatic rings. The number of hydrogen-bond donors (Lipinski definition) is 1. The minimum atomic E-state index is -0.537. The number of benzene rings is 1. The van der Waals surface area contributed by atoms with Gasteiger partial charge in [0.15, 0.2) is 0 Å². The second-order valence-electron chi connectivity index (χ2n) is 8.48. The monoisotopic (exact) mass is 515 g/mol. The minimum absolute atomic E-state index is 0.0297. The van der Waals surface area contributed by atoms with Crippen LogP contribution in [0.25, 0.3) is 0 Å². The summed E-state index contributed by atoms with van der Waals surface area (Å²) in [5.41, 5.74) is 2.00. The second kappa shape index (κ2) is 10.4. The molecule has 1 aromatic heterocycles. The van der Waals surface area contributed by atoms with Gasteiger partial charge in [0.2, 0.25) is 0 Å². The molecule has 2 aliphatic heterocycles. The predicted molar refractivity (Wildman–Crippen MR) is 130 cm³/mol. The van der Waals surface area contributed by atoms with Crippen LogP contribution in [-0.2, 0) is 0 Å². The predicted octanol–water partition coefficient (Wildman–Crippen LogP) is 4.66. The molecule has 2 amide bonds. The number of likely N-dealkylation sites (tertiary alicyclic amines) is 2. The van der Waals surface area contributed by atoms with Gasteiger partial charge in [0.25, 0.3) is 11.8 Å². The summed E-state index contributed by atoms with van der Waals surface area (Å²) in [6, 6.07) is 4.76. The number of carbonyl (C=O) groups excluding carboxylic acids is 2. The van der Waals surface area contributed by atoms with Gasteiger partial charge >= 0.3 is 0 Å². The number of nitrogens with zero attached hydrogens (tertiary/aromatic N) is 4. The van der Waals surface area contributed by atoms with Gasteiger partial charge in [-0.15, -0.1) is 0 Å². The molecule has 7 nitrogen and oxygen atoms in total. The smallest absolute Gasteiger partial charge is 0.256 e. The van der Waals surface area contributed by atoms with Gasteiger partial charge in [-0.3, -0.25) is 19.6 Å². The van der Waals surface area contributed by atoms with E-state index in [2.05, 4.69) is 37.9 Å². The maximum absolute atomic E-state index is 13.5. The summed E-state index contributed by atoms with van der Waals surface area (Å²) in [4.78, 5) is 37.8. The summed E-state index contributed by atoms with van der Waals surface area (Å²) in [6.45, 7) is 6.19. The Hall–Kier alpha value is -2.81. The van der Waals surface area contributed by atoms with E-state index in [0.717, 1.165) is 55.9 Å². The molecule has 1 aromatic carbocycles. The van der Waals surface area contributed by atoms with E-state index in [1.807, 2.05) is 17.0 Å². The average molecular weight is 516 g/mol. The lowest BCUT2D eigenvalue weighted by Crippen LogP contribution is -2.45. The van der Waals surface area contributed by atoms with E-state index in [1.165, 1.54) is 12.3 Å². The van der Waals surface area contributed by atoms with Crippen LogP contribution in [0.5, 0.6) is 0 Å². The average Bonchev–Trinajstić information content (AvgIpc) is 2.84. The van der Waals surface area contributed by atoms with Crippen LogP contribution >= 0.6 is 15.9 Å². The van der Waals surface area contributed by atoms with E-state index in [4.69, 9.17) is 0 Å². The van der Waals surface area contributed by atoms with E-state index in [1.54, 1.807) is 4.90 Å². The third kappa shape index (κ3) is 5.40. The number of nitrogens with one attached hydrogen (secondary N) is 1. The Labute approximate surface area is 201 Å². The highest BCUT2D eigenvalue weighted by Crippen LogP contribution is 2.35. The second-order valence-corrected chi connectivity index (χ2v) is 9.40. The maximum Gasteiger partial charge on any atom is 0.256 e. The largest absolute Gasteiger partial charge is 0.378 e. The lowest BCUT2D eigenvalue weighted by Gasteiger charge is -2.35. The van der Waals surface area contributed by atoms with E-state index >= 15 is 0 Å². The molecule has 4 rings (SSSR count). The summed E-state index contributed by atoms with van der Waals surface area (Å²) >= 11 is 3.49. The molecular weight excluding hydrogens is 489 g/mol. The van der Waals surface area contributed by atoms with Crippen LogP contribution in [0.3, 0.4) is 0 Å². The normalized spacial score (nSPS) is 18.7. The highest BCUT2D eigenvalue weighted by Gasteiger charge is 2.28. The van der Waals surface area contributed by atoms with Crippen molar-refractivity contribution >= 4 is 45.8 Å². The quantitative estimate of drug-likeness (QED) is 0.587. The van der Waals surface area contributed by atoms with Crippen LogP contribution in [-0.4, -0.2) is 65.5 Å². The topological polar surface area (TPSA) is 77.9 Å². The Bertz CT molecular complexity index is 1060. The molecule has 0 spiro atoms. The first kappa shape index (κ1) is 23.4. The number of carbonyl (C=O) groups is 2. The molecule has 0 bridgehead atoms. The zero-order valence-electron chi connectivity index (χ0n) is 18.4. The molecule has 174 valence electrons. The maximum atomic E-state index is 13.5. The SMILES string of the molecule is C=Nc1cc(Br)cc(C(=O)N2CCCCC2)c1N[C@@H]1CCCN(C(=O)c2cncc(F)c2)C1. The molecule has 1 N–H and O–H groups in total. The van der Waals surface area contributed by atoms with Crippen LogP contribution < -0.4 is 5.32 Å². The third-order valence-electron chi connectivity index (χ3n) is 6.14. The lowest BCUT2D eigenvalue weighted by molar-refractivity contribution is 0.0706. The standard InChI is InChI=1S/C24H27BrFN5O2/c1-27-21-12-17(25)11-20(24(33)30-7-3-2-4-8-30)22(21)29-19-6-5-9-31(15-19)23(32)16-10-18(26)14-28-13-16/h10-14,19,29H,1-9,15H2/t19-/m1/s1. The van der Waals surface area contributed by atoms with Crippen molar-refractivity contribution in [3.8, 4) is 0 Å². The van der Waals surface area contributed by atoms with Crippen molar-refractivity contribution < 1.29 is 14.0 Å². The number of aromatic nitrogens is 1. The number of aliphatic imine (C=N–C) groups is 1. The molecule has 9 heteroatoms. The number of piperidine rings is 2. The minimum Gasteiger partial charge on any atom is -0.378 e. The molecule has 1 atom stereocenters. The highest BCUT2D eigenvalue weighted by atomic mass is 79.9. The Morgan fingerprint density at radius 1 is 1.06 bits per heavy atom. The van der Waals surface area contributed by atoms with Gasteiger partial charge in [0.1, 0.15) is 5.82 Å². The molecule has 0 saturated carbocycles. The van der Waals surface area contributed by atoms with Crippen molar-refractivity contribution in [1.29, 1.82) is 0 Å². The number of halogens is 2. The zero-order valence-corrected chi connectivity index (χ0v) is 20.0. The van der Waals surface area contributed by atoms with Crippen molar-refractivity contribution in [3.63, 3.8) is 0 Å². The molecule has 33 heavy (non-hydrogen) atoms. The summed E-state index contributed by atoms with van der Waals surface area (Å²) in [5.74, 6) is -0.820. The van der Waals surface area contributed by atoms with Gasteiger partial charge in [-0.1, -0.05) is 15.9 Å². The summed E-state index contributed by atoms with van der Waals surface area (Å²) < 4.78 is 14.3. The molecule has 2 aliphatic rings. The molecule has 0 radical (unpaired) electrons. The molecule has 2 fully saturated rings. The van der Waals surface area contributed by atoms with E-state index in [0.29, 0.717) is 30.0 Å². The summed E-state index contributed by atoms with van der Waals surface area (Å²) in [6.07, 6.45) is 7.22. The van der Waals surface area contributed by atoms with Crippen molar-refractivity contribution in [2.75, 3.05) is 31.5 Å². The number of rotatable bonds is 5. The molecular formula is C24H27BrFN5O2. The van der Waals surface area contributed by atoms with Gasteiger partial charge < -0.3 is 15.1 Å². The van der Waals surface area contributed by atoms with Gasteiger partial charge in [-0.05, 0) is 57.0 Å². The van der Waals surface area contributed by atoms with Crippen LogP contribution in [0.4, 0.5) is 15.8 Å². The Balaban J connectivity index is 1.56. The van der Waals surface area contributed by atoms with Crippen LogP contribution in [0.2, 0.25) is 0 Å². The molecule has 0 unspecified atom stereocenters. The summed E-state index contributed by atoms with van der Waals surface area (Å²) in [5, 5.41) is 3.48. The van der Waals surface area contributed by atoms with Gasteiger partial charge in [0.05, 0.1) is 28.7 Å². The molecule has 2 saturated heterocycles. The van der Waals surface area contributed by atoms with E-state index in [9.17, 15) is 14.0 Å². The Morgan fingerprint density at radius 3 is 2.55 bits per heavy atom. The first-order valence-electron chi connectivity index (χ1n) is 11.2. The van der Waals surface area contributed by atoms with Crippen molar-refractivity contribution in [2.45, 2.75) is 38.1 Å². The number of amides is 2. The van der Waals surface area contributed by atoms with E-state index in [-0.39, 0.29) is 23.4 Å². The highest BCUT2D eigenvalue weighted by molar-refractivity contribution is 9.10. The van der Waals surface area contributed by atoms with Crippen molar-refractivity contribution in [2.24, 2.45) is 4.99 Å². The lowest BCUT2D eigenvalue weighted by atomic mass is 10.0. The fraction of sp³-hybridized carbons (Fsp3) is 0.417. The molecule has 3 heterocycles. The van der Waals surface area contributed by atoms with Gasteiger partial charge in [-0.2, -0.15) is 0 Å². The van der Waals surface area contributed by atoms with Gasteiger partial charge in [0, 0.05) is 42.9 Å². The fourth-order valence-electron chi connectivity index (χ4n) is 4.50. The Morgan fingerprint density at radius 2 is 1.82 bits per heavy atom. The Kier molecular flexibility index (Phi) is 7.37. The first-order chi connectivity index (χ1) is 16.0. The van der Waals surface area contributed by atoms with Gasteiger partial charge in [-0.25, -0.2) is 4.39 Å². The van der Waals surface area contributed by atoms with Crippen LogP contribution in [0.15, 0.2) is 40.1 Å². The fourth-order valence-corrected chi connectivity index (χ4v) is 4.95. The van der Waals surface area contributed by atoms with Crippen molar-refractivity contribution in [3.05, 3.63) is 52.0 Å². The summed E-state index contributed by atoms with van der Waals surface area (Å²) in [7, 11) is 0. The van der Waals surface area contributed by atoms with Crippen molar-refractivity contribution in [1.82, 2.24) is 14.8 Å². The third-order valence-corrected chi connectivity index (χ3v) is 6.59. The zero-order chi connectivity index (χ0) is 23.4. The first-order valence-corrected chi connectivity index (χ1v) is 12.0. The van der Waals surface area contributed by atoms with Crippen LogP contribution in [0.1, 0.15) is 52.8 Å². The van der Waals surface area contributed by atoms with E-state index < -0.39 is 5.82 Å². The number of pyridine rings is 1. The number of hydrogen-bond acceptors (Lipinski definition) is 5.